The predicted molar refractivity (Wildman–Crippen MR) is 74.9 cm³/mol. The molecule has 1 aliphatic rings. The Morgan fingerprint density at radius 2 is 1.83 bits per heavy atom. The number of rotatable bonds is 3. The Labute approximate surface area is 109 Å². The fourth-order valence-corrected chi connectivity index (χ4v) is 2.57. The van der Waals surface area contributed by atoms with Crippen molar-refractivity contribution >= 4 is 11.6 Å². The van der Waals surface area contributed by atoms with E-state index in [2.05, 4.69) is 17.6 Å². The first-order valence-corrected chi connectivity index (χ1v) is 6.78. The second kappa shape index (κ2) is 5.89. The van der Waals surface area contributed by atoms with E-state index in [1.54, 1.807) is 0 Å². The number of hydrogen-bond acceptors (Lipinski definition) is 2. The second-order valence-electron chi connectivity index (χ2n) is 5.23. The van der Waals surface area contributed by atoms with Crippen molar-refractivity contribution in [2.24, 2.45) is 5.92 Å². The maximum absolute atomic E-state index is 12.2. The average Bonchev–Trinajstić information content (AvgIpc) is 2.41. The third-order valence-corrected chi connectivity index (χ3v) is 3.79. The monoisotopic (exact) mass is 246 g/mol. The maximum atomic E-state index is 12.2. The topological polar surface area (TPSA) is 41.1 Å². The van der Waals surface area contributed by atoms with Crippen LogP contribution in [-0.4, -0.2) is 19.0 Å². The molecule has 2 N–H and O–H groups in total. The van der Waals surface area contributed by atoms with Gasteiger partial charge in [0.15, 0.2) is 0 Å². The van der Waals surface area contributed by atoms with Gasteiger partial charge in [-0.3, -0.25) is 4.79 Å². The molecule has 1 saturated carbocycles. The molecule has 1 aromatic carbocycles. The third-order valence-electron chi connectivity index (χ3n) is 3.79. The van der Waals surface area contributed by atoms with Crippen LogP contribution >= 0.6 is 0 Å². The quantitative estimate of drug-likeness (QED) is 0.860. The van der Waals surface area contributed by atoms with E-state index in [-0.39, 0.29) is 5.91 Å². The van der Waals surface area contributed by atoms with Gasteiger partial charge in [0, 0.05) is 18.8 Å². The molecular weight excluding hydrogens is 224 g/mol. The van der Waals surface area contributed by atoms with Crippen molar-refractivity contribution in [2.75, 3.05) is 12.4 Å². The summed E-state index contributed by atoms with van der Waals surface area (Å²) in [6.45, 7) is 2.29. The average molecular weight is 246 g/mol. The summed E-state index contributed by atoms with van der Waals surface area (Å²) in [5, 5.41) is 6.21. The highest BCUT2D eigenvalue weighted by Crippen LogP contribution is 2.24. The molecule has 1 amide bonds. The van der Waals surface area contributed by atoms with Crippen molar-refractivity contribution in [3.63, 3.8) is 0 Å². The van der Waals surface area contributed by atoms with E-state index in [1.807, 2.05) is 31.3 Å². The fraction of sp³-hybridized carbons (Fsp3) is 0.533. The van der Waals surface area contributed by atoms with Crippen LogP contribution in [0.15, 0.2) is 24.3 Å². The van der Waals surface area contributed by atoms with Gasteiger partial charge in [-0.25, -0.2) is 0 Å². The van der Waals surface area contributed by atoms with E-state index in [1.165, 1.54) is 12.8 Å². The standard InChI is InChI=1S/C15H22N2O/c1-11-7-9-12(10-8-11)17-15(18)13-5-3-4-6-14(13)16-2/h3-6,11-12,16H,7-10H2,1-2H3,(H,17,18). The minimum absolute atomic E-state index is 0.0412. The molecule has 0 saturated heterocycles. The van der Waals surface area contributed by atoms with Gasteiger partial charge < -0.3 is 10.6 Å². The Balaban J connectivity index is 1.99. The number of hydrogen-bond donors (Lipinski definition) is 2. The largest absolute Gasteiger partial charge is 0.387 e. The number of amides is 1. The lowest BCUT2D eigenvalue weighted by atomic mass is 9.87. The highest BCUT2D eigenvalue weighted by molar-refractivity contribution is 5.99. The van der Waals surface area contributed by atoms with Crippen LogP contribution in [0, 0.1) is 5.92 Å². The van der Waals surface area contributed by atoms with Gasteiger partial charge in [0.2, 0.25) is 0 Å². The van der Waals surface area contributed by atoms with Crippen LogP contribution in [0.3, 0.4) is 0 Å². The minimum Gasteiger partial charge on any atom is -0.387 e. The van der Waals surface area contributed by atoms with Gasteiger partial charge in [-0.2, -0.15) is 0 Å². The van der Waals surface area contributed by atoms with E-state index >= 15 is 0 Å². The smallest absolute Gasteiger partial charge is 0.253 e. The summed E-state index contributed by atoms with van der Waals surface area (Å²) in [5.41, 5.74) is 1.62. The Kier molecular flexibility index (Phi) is 4.24. The molecule has 3 nitrogen and oxygen atoms in total. The molecule has 0 radical (unpaired) electrons. The van der Waals surface area contributed by atoms with Gasteiger partial charge in [0.1, 0.15) is 0 Å². The Bertz CT molecular complexity index is 409. The normalized spacial score (nSPS) is 23.4. The van der Waals surface area contributed by atoms with Gasteiger partial charge in [-0.05, 0) is 43.7 Å². The summed E-state index contributed by atoms with van der Waals surface area (Å²) in [6, 6.07) is 7.98. The van der Waals surface area contributed by atoms with Crippen molar-refractivity contribution in [1.29, 1.82) is 0 Å². The molecule has 0 aliphatic heterocycles. The lowest BCUT2D eigenvalue weighted by molar-refractivity contribution is 0.0924. The molecule has 0 bridgehead atoms. The summed E-state index contributed by atoms with van der Waals surface area (Å²) >= 11 is 0. The van der Waals surface area contributed by atoms with Crippen molar-refractivity contribution < 1.29 is 4.79 Å². The summed E-state index contributed by atoms with van der Waals surface area (Å²) in [6.07, 6.45) is 4.65. The van der Waals surface area contributed by atoms with Crippen molar-refractivity contribution in [2.45, 2.75) is 38.6 Å². The fourth-order valence-electron chi connectivity index (χ4n) is 2.57. The Hall–Kier alpha value is -1.51. The van der Waals surface area contributed by atoms with Gasteiger partial charge in [0.05, 0.1) is 5.56 Å². The molecule has 2 rings (SSSR count). The molecule has 0 aromatic heterocycles. The van der Waals surface area contributed by atoms with Crippen LogP contribution in [0.4, 0.5) is 5.69 Å². The molecule has 1 fully saturated rings. The number of para-hydroxylation sites is 1. The predicted octanol–water partition coefficient (Wildman–Crippen LogP) is 3.04. The second-order valence-corrected chi connectivity index (χ2v) is 5.23. The van der Waals surface area contributed by atoms with E-state index < -0.39 is 0 Å². The molecule has 18 heavy (non-hydrogen) atoms. The van der Waals surface area contributed by atoms with Gasteiger partial charge >= 0.3 is 0 Å². The SMILES string of the molecule is CNc1ccccc1C(=O)NC1CCC(C)CC1. The summed E-state index contributed by atoms with van der Waals surface area (Å²) in [4.78, 5) is 12.2. The van der Waals surface area contributed by atoms with E-state index in [9.17, 15) is 4.79 Å². The van der Waals surface area contributed by atoms with Gasteiger partial charge in [0.25, 0.3) is 5.91 Å². The molecule has 0 unspecified atom stereocenters. The van der Waals surface area contributed by atoms with Crippen LogP contribution in [0.25, 0.3) is 0 Å². The van der Waals surface area contributed by atoms with Crippen LogP contribution in [0.2, 0.25) is 0 Å². The van der Waals surface area contributed by atoms with Crippen molar-refractivity contribution in [3.8, 4) is 0 Å². The zero-order valence-corrected chi connectivity index (χ0v) is 11.2. The number of anilines is 1. The number of carbonyl (C=O) groups excluding carboxylic acids is 1. The number of benzene rings is 1. The highest BCUT2D eigenvalue weighted by Gasteiger charge is 2.21. The van der Waals surface area contributed by atoms with Gasteiger partial charge in [-0.1, -0.05) is 19.1 Å². The molecular formula is C15H22N2O. The summed E-state index contributed by atoms with van der Waals surface area (Å²) in [7, 11) is 1.84. The zero-order valence-electron chi connectivity index (χ0n) is 11.2. The Morgan fingerprint density at radius 3 is 2.50 bits per heavy atom. The van der Waals surface area contributed by atoms with Crippen molar-refractivity contribution in [1.82, 2.24) is 5.32 Å². The number of carbonyl (C=O) groups is 1. The van der Waals surface area contributed by atoms with Gasteiger partial charge in [-0.15, -0.1) is 0 Å². The first-order valence-electron chi connectivity index (χ1n) is 6.78. The molecule has 0 spiro atoms. The number of nitrogens with one attached hydrogen (secondary N) is 2. The van der Waals surface area contributed by atoms with Crippen LogP contribution in [-0.2, 0) is 0 Å². The van der Waals surface area contributed by atoms with E-state index in [4.69, 9.17) is 0 Å². The zero-order chi connectivity index (χ0) is 13.0. The molecule has 0 atom stereocenters. The van der Waals surface area contributed by atoms with E-state index in [0.29, 0.717) is 6.04 Å². The highest BCUT2D eigenvalue weighted by atomic mass is 16.1. The Morgan fingerprint density at radius 1 is 1.17 bits per heavy atom. The van der Waals surface area contributed by atoms with Crippen LogP contribution in [0.1, 0.15) is 43.0 Å². The lowest BCUT2D eigenvalue weighted by Gasteiger charge is -2.27. The first kappa shape index (κ1) is 12.9. The molecule has 1 aromatic rings. The third kappa shape index (κ3) is 3.03. The lowest BCUT2D eigenvalue weighted by Crippen LogP contribution is -2.37. The molecule has 98 valence electrons. The molecule has 1 aliphatic carbocycles. The maximum Gasteiger partial charge on any atom is 0.253 e. The molecule has 0 heterocycles. The van der Waals surface area contributed by atoms with Crippen LogP contribution in [0.5, 0.6) is 0 Å². The van der Waals surface area contributed by atoms with Crippen molar-refractivity contribution in [3.05, 3.63) is 29.8 Å². The van der Waals surface area contributed by atoms with E-state index in [0.717, 1.165) is 30.0 Å². The summed E-state index contributed by atoms with van der Waals surface area (Å²) in [5.74, 6) is 0.849. The minimum atomic E-state index is 0.0412. The first-order chi connectivity index (χ1) is 8.70. The summed E-state index contributed by atoms with van der Waals surface area (Å²) < 4.78 is 0. The van der Waals surface area contributed by atoms with Crippen LogP contribution < -0.4 is 10.6 Å². The molecule has 3 heteroatoms.